The van der Waals surface area contributed by atoms with Gasteiger partial charge in [-0.05, 0) is 36.8 Å². The van der Waals surface area contributed by atoms with Crippen molar-refractivity contribution in [1.29, 1.82) is 0 Å². The van der Waals surface area contributed by atoms with Crippen molar-refractivity contribution < 1.29 is 0 Å². The fourth-order valence-electron chi connectivity index (χ4n) is 1.66. The van der Waals surface area contributed by atoms with Gasteiger partial charge in [-0.25, -0.2) is 0 Å². The SMILES string of the molecule is Cc1cc(C(N)Cc2ccccn2)ccn1. The summed E-state index contributed by atoms with van der Waals surface area (Å²) in [7, 11) is 0. The lowest BCUT2D eigenvalue weighted by molar-refractivity contribution is 0.704. The summed E-state index contributed by atoms with van der Waals surface area (Å²) in [5, 5.41) is 0. The second-order valence-electron chi connectivity index (χ2n) is 3.86. The summed E-state index contributed by atoms with van der Waals surface area (Å²) in [5.41, 5.74) is 9.25. The molecule has 3 nitrogen and oxygen atoms in total. The fourth-order valence-corrected chi connectivity index (χ4v) is 1.66. The van der Waals surface area contributed by atoms with Gasteiger partial charge in [0, 0.05) is 36.2 Å². The molecule has 3 heteroatoms. The van der Waals surface area contributed by atoms with E-state index in [2.05, 4.69) is 9.97 Å². The van der Waals surface area contributed by atoms with Gasteiger partial charge in [0.05, 0.1) is 0 Å². The molecule has 0 saturated heterocycles. The first kappa shape index (κ1) is 10.8. The Labute approximate surface area is 95.4 Å². The minimum absolute atomic E-state index is 0.0170. The van der Waals surface area contributed by atoms with E-state index in [0.29, 0.717) is 0 Å². The molecule has 2 aromatic rings. The summed E-state index contributed by atoms with van der Waals surface area (Å²) in [6.45, 7) is 1.97. The van der Waals surface area contributed by atoms with Gasteiger partial charge in [0.15, 0.2) is 0 Å². The summed E-state index contributed by atoms with van der Waals surface area (Å²) < 4.78 is 0. The first-order valence-corrected chi connectivity index (χ1v) is 5.34. The number of hydrogen-bond donors (Lipinski definition) is 1. The van der Waals surface area contributed by atoms with Crippen molar-refractivity contribution in [2.75, 3.05) is 0 Å². The van der Waals surface area contributed by atoms with Crippen LogP contribution in [0.15, 0.2) is 42.7 Å². The Morgan fingerprint density at radius 1 is 1.19 bits per heavy atom. The first-order valence-electron chi connectivity index (χ1n) is 5.34. The van der Waals surface area contributed by atoms with Crippen LogP contribution >= 0.6 is 0 Å². The molecule has 16 heavy (non-hydrogen) atoms. The van der Waals surface area contributed by atoms with Crippen molar-refractivity contribution in [2.24, 2.45) is 5.73 Å². The monoisotopic (exact) mass is 213 g/mol. The van der Waals surface area contributed by atoms with Gasteiger partial charge >= 0.3 is 0 Å². The van der Waals surface area contributed by atoms with Crippen LogP contribution in [0.5, 0.6) is 0 Å². The zero-order valence-electron chi connectivity index (χ0n) is 9.30. The van der Waals surface area contributed by atoms with Crippen LogP contribution in [0, 0.1) is 6.92 Å². The number of nitrogens with two attached hydrogens (primary N) is 1. The van der Waals surface area contributed by atoms with Crippen molar-refractivity contribution in [3.8, 4) is 0 Å². The van der Waals surface area contributed by atoms with Gasteiger partial charge in [0.2, 0.25) is 0 Å². The zero-order valence-corrected chi connectivity index (χ0v) is 9.30. The van der Waals surface area contributed by atoms with Gasteiger partial charge in [-0.3, -0.25) is 9.97 Å². The second kappa shape index (κ2) is 4.86. The van der Waals surface area contributed by atoms with Gasteiger partial charge in [0.25, 0.3) is 0 Å². The molecule has 0 aliphatic rings. The molecule has 0 saturated carbocycles. The number of nitrogens with zero attached hydrogens (tertiary/aromatic N) is 2. The van der Waals surface area contributed by atoms with Gasteiger partial charge in [0.1, 0.15) is 0 Å². The van der Waals surface area contributed by atoms with E-state index in [-0.39, 0.29) is 6.04 Å². The summed E-state index contributed by atoms with van der Waals surface area (Å²) >= 11 is 0. The molecule has 0 aliphatic heterocycles. The predicted molar refractivity (Wildman–Crippen MR) is 63.8 cm³/mol. The Morgan fingerprint density at radius 3 is 2.75 bits per heavy atom. The van der Waals surface area contributed by atoms with Crippen LogP contribution in [0.4, 0.5) is 0 Å². The lowest BCUT2D eigenvalue weighted by Gasteiger charge is -2.11. The van der Waals surface area contributed by atoms with E-state index in [0.717, 1.165) is 23.4 Å². The van der Waals surface area contributed by atoms with Crippen molar-refractivity contribution in [3.63, 3.8) is 0 Å². The molecule has 2 heterocycles. The quantitative estimate of drug-likeness (QED) is 0.848. The van der Waals surface area contributed by atoms with E-state index in [1.165, 1.54) is 0 Å². The largest absolute Gasteiger partial charge is 0.324 e. The van der Waals surface area contributed by atoms with Gasteiger partial charge in [-0.1, -0.05) is 6.07 Å². The van der Waals surface area contributed by atoms with E-state index < -0.39 is 0 Å². The highest BCUT2D eigenvalue weighted by atomic mass is 14.7. The highest BCUT2D eigenvalue weighted by Gasteiger charge is 2.07. The smallest absolute Gasteiger partial charge is 0.0422 e. The van der Waals surface area contributed by atoms with E-state index in [4.69, 9.17) is 5.73 Å². The molecule has 0 bridgehead atoms. The Hall–Kier alpha value is -1.74. The molecule has 0 radical (unpaired) electrons. The van der Waals surface area contributed by atoms with Crippen molar-refractivity contribution in [1.82, 2.24) is 9.97 Å². The molecule has 2 aromatic heterocycles. The molecule has 2 N–H and O–H groups in total. The molecule has 0 aliphatic carbocycles. The molecule has 82 valence electrons. The Kier molecular flexibility index (Phi) is 3.27. The maximum atomic E-state index is 6.13. The third-order valence-electron chi connectivity index (χ3n) is 2.50. The third-order valence-corrected chi connectivity index (χ3v) is 2.50. The summed E-state index contributed by atoms with van der Waals surface area (Å²) in [6.07, 6.45) is 4.34. The predicted octanol–water partition coefficient (Wildman–Crippen LogP) is 2.03. The van der Waals surface area contributed by atoms with E-state index >= 15 is 0 Å². The lowest BCUT2D eigenvalue weighted by atomic mass is 10.0. The molecule has 1 atom stereocenters. The Bertz CT molecular complexity index is 454. The standard InChI is InChI=1S/C13H15N3/c1-10-8-11(5-7-15-10)13(14)9-12-4-2-3-6-16-12/h2-8,13H,9,14H2,1H3. The molecular weight excluding hydrogens is 198 g/mol. The molecule has 0 aromatic carbocycles. The first-order chi connectivity index (χ1) is 7.75. The van der Waals surface area contributed by atoms with Crippen molar-refractivity contribution in [3.05, 3.63) is 59.7 Å². The summed E-state index contributed by atoms with van der Waals surface area (Å²) in [4.78, 5) is 8.43. The topological polar surface area (TPSA) is 51.8 Å². The highest BCUT2D eigenvalue weighted by Crippen LogP contribution is 2.14. The van der Waals surface area contributed by atoms with Crippen LogP contribution in [0.3, 0.4) is 0 Å². The summed E-state index contributed by atoms with van der Waals surface area (Å²) in [5.74, 6) is 0. The van der Waals surface area contributed by atoms with Crippen LogP contribution in [0.25, 0.3) is 0 Å². The molecule has 1 unspecified atom stereocenters. The van der Waals surface area contributed by atoms with Crippen molar-refractivity contribution in [2.45, 2.75) is 19.4 Å². The van der Waals surface area contributed by atoms with Crippen LogP contribution in [-0.4, -0.2) is 9.97 Å². The molecule has 0 fully saturated rings. The van der Waals surface area contributed by atoms with Gasteiger partial charge in [-0.2, -0.15) is 0 Å². The average molecular weight is 213 g/mol. The lowest BCUT2D eigenvalue weighted by Crippen LogP contribution is -2.14. The number of aromatic nitrogens is 2. The van der Waals surface area contributed by atoms with Gasteiger partial charge in [-0.15, -0.1) is 0 Å². The molecule has 2 rings (SSSR count). The normalized spacial score (nSPS) is 12.4. The van der Waals surface area contributed by atoms with Crippen LogP contribution in [0.2, 0.25) is 0 Å². The maximum Gasteiger partial charge on any atom is 0.0422 e. The number of aryl methyl sites for hydroxylation is 1. The second-order valence-corrected chi connectivity index (χ2v) is 3.86. The van der Waals surface area contributed by atoms with Crippen LogP contribution < -0.4 is 5.73 Å². The van der Waals surface area contributed by atoms with E-state index in [1.807, 2.05) is 37.3 Å². The van der Waals surface area contributed by atoms with E-state index in [1.54, 1.807) is 12.4 Å². The fraction of sp³-hybridized carbons (Fsp3) is 0.231. The molecule has 0 spiro atoms. The Morgan fingerprint density at radius 2 is 2.06 bits per heavy atom. The van der Waals surface area contributed by atoms with Crippen molar-refractivity contribution >= 4 is 0 Å². The molecular formula is C13H15N3. The molecule has 0 amide bonds. The van der Waals surface area contributed by atoms with Crippen LogP contribution in [-0.2, 0) is 6.42 Å². The van der Waals surface area contributed by atoms with Gasteiger partial charge < -0.3 is 5.73 Å². The Balaban J connectivity index is 2.12. The minimum atomic E-state index is -0.0170. The number of pyridine rings is 2. The average Bonchev–Trinajstić information content (AvgIpc) is 2.30. The number of hydrogen-bond acceptors (Lipinski definition) is 3. The zero-order chi connectivity index (χ0) is 11.4. The van der Waals surface area contributed by atoms with E-state index in [9.17, 15) is 0 Å². The third kappa shape index (κ3) is 2.64. The summed E-state index contributed by atoms with van der Waals surface area (Å²) in [6, 6.07) is 9.84. The minimum Gasteiger partial charge on any atom is -0.324 e. The van der Waals surface area contributed by atoms with Crippen LogP contribution in [0.1, 0.15) is 23.0 Å². The maximum absolute atomic E-state index is 6.13. The number of rotatable bonds is 3. The highest BCUT2D eigenvalue weighted by molar-refractivity contribution is 5.21.